The molecule has 2 amide bonds. The van der Waals surface area contributed by atoms with E-state index >= 15 is 0 Å². The van der Waals surface area contributed by atoms with Crippen LogP contribution in [0.2, 0.25) is 5.02 Å². The fraction of sp³-hybridized carbons (Fsp3) is 0.370. The number of amides is 2. The lowest BCUT2D eigenvalue weighted by Crippen LogP contribution is -2.35. The quantitative estimate of drug-likeness (QED) is 0.461. The maximum Gasteiger partial charge on any atom is 0.272 e. The molecule has 0 bridgehead atoms. The van der Waals surface area contributed by atoms with E-state index in [0.29, 0.717) is 35.2 Å². The first-order valence-electron chi connectivity index (χ1n) is 12.0. The smallest absolute Gasteiger partial charge is 0.272 e. The van der Waals surface area contributed by atoms with Crippen LogP contribution in [0.1, 0.15) is 70.4 Å². The Hall–Kier alpha value is -3.12. The zero-order valence-corrected chi connectivity index (χ0v) is 20.6. The van der Waals surface area contributed by atoms with E-state index < -0.39 is 0 Å². The molecule has 34 heavy (non-hydrogen) atoms. The molecular formula is C27H31ClN4O2. The summed E-state index contributed by atoms with van der Waals surface area (Å²) in [6, 6.07) is 15.0. The standard InChI is InChI=1S/C27H31ClN4O2/c1-3-4-14-32(27(34)21-11-8-12-22(28)17-21)25-24(31-15-6-5-13-23(31)30-25)26(33)29-18-20-10-7-9-19(2)16-20/h7-12,16-17H,3-6,13-15,18H2,1-2H3,(H,29,33). The van der Waals surface area contributed by atoms with Crippen molar-refractivity contribution in [1.82, 2.24) is 14.9 Å². The summed E-state index contributed by atoms with van der Waals surface area (Å²) in [6.07, 6.45) is 4.53. The van der Waals surface area contributed by atoms with E-state index in [0.717, 1.165) is 55.6 Å². The third-order valence-corrected chi connectivity index (χ3v) is 6.35. The van der Waals surface area contributed by atoms with Crippen LogP contribution in [-0.4, -0.2) is 27.9 Å². The summed E-state index contributed by atoms with van der Waals surface area (Å²) in [7, 11) is 0. The number of nitrogens with one attached hydrogen (secondary N) is 1. The highest BCUT2D eigenvalue weighted by Gasteiger charge is 2.31. The first-order chi connectivity index (χ1) is 16.5. The van der Waals surface area contributed by atoms with E-state index in [1.807, 2.05) is 29.7 Å². The number of aromatic nitrogens is 2. The molecule has 2 heterocycles. The number of imidazole rings is 1. The molecular weight excluding hydrogens is 448 g/mol. The molecule has 0 unspecified atom stereocenters. The van der Waals surface area contributed by atoms with Gasteiger partial charge >= 0.3 is 0 Å². The van der Waals surface area contributed by atoms with Gasteiger partial charge in [-0.15, -0.1) is 0 Å². The van der Waals surface area contributed by atoms with Crippen LogP contribution < -0.4 is 10.2 Å². The first-order valence-corrected chi connectivity index (χ1v) is 12.4. The summed E-state index contributed by atoms with van der Waals surface area (Å²) in [5, 5.41) is 3.56. The topological polar surface area (TPSA) is 67.2 Å². The third-order valence-electron chi connectivity index (χ3n) is 6.12. The molecule has 178 valence electrons. The number of aryl methyl sites for hydroxylation is 2. The van der Waals surface area contributed by atoms with Crippen molar-refractivity contribution in [3.8, 4) is 0 Å². The maximum atomic E-state index is 13.6. The molecule has 4 rings (SSSR count). The van der Waals surface area contributed by atoms with Crippen LogP contribution in [0.25, 0.3) is 0 Å². The predicted molar refractivity (Wildman–Crippen MR) is 136 cm³/mol. The highest BCUT2D eigenvalue weighted by atomic mass is 35.5. The summed E-state index contributed by atoms with van der Waals surface area (Å²) in [5.41, 5.74) is 3.13. The monoisotopic (exact) mass is 478 g/mol. The van der Waals surface area contributed by atoms with Crippen molar-refractivity contribution in [3.63, 3.8) is 0 Å². The van der Waals surface area contributed by atoms with Gasteiger partial charge in [0.15, 0.2) is 11.5 Å². The number of nitrogens with zero attached hydrogens (tertiary/aromatic N) is 3. The minimum atomic E-state index is -0.211. The van der Waals surface area contributed by atoms with Gasteiger partial charge in [-0.2, -0.15) is 0 Å². The Morgan fingerprint density at radius 2 is 1.97 bits per heavy atom. The maximum absolute atomic E-state index is 13.6. The van der Waals surface area contributed by atoms with E-state index in [-0.39, 0.29) is 11.8 Å². The van der Waals surface area contributed by atoms with Crippen LogP contribution in [0.3, 0.4) is 0 Å². The SMILES string of the molecule is CCCCN(C(=O)c1cccc(Cl)c1)c1nc2n(c1C(=O)NCc1cccc(C)c1)CCCC2. The second kappa shape index (κ2) is 10.9. The second-order valence-corrected chi connectivity index (χ2v) is 9.24. The number of hydrogen-bond donors (Lipinski definition) is 1. The molecule has 1 aromatic heterocycles. The Labute approximate surface area is 205 Å². The Bertz CT molecular complexity index is 1190. The number of fused-ring (bicyclic) bond motifs is 1. The molecule has 3 aromatic rings. The molecule has 0 atom stereocenters. The minimum absolute atomic E-state index is 0.195. The van der Waals surface area contributed by atoms with E-state index in [1.165, 1.54) is 0 Å². The van der Waals surface area contributed by atoms with Gasteiger partial charge in [0.25, 0.3) is 11.8 Å². The van der Waals surface area contributed by atoms with Crippen molar-refractivity contribution >= 4 is 29.2 Å². The number of unbranched alkanes of at least 4 members (excludes halogenated alkanes) is 1. The molecule has 0 fully saturated rings. The van der Waals surface area contributed by atoms with Crippen molar-refractivity contribution in [2.24, 2.45) is 0 Å². The van der Waals surface area contributed by atoms with Gasteiger partial charge in [-0.25, -0.2) is 4.98 Å². The molecule has 0 spiro atoms. The van der Waals surface area contributed by atoms with Crippen LogP contribution in [0, 0.1) is 6.92 Å². The molecule has 0 aliphatic carbocycles. The lowest BCUT2D eigenvalue weighted by atomic mass is 10.1. The van der Waals surface area contributed by atoms with Crippen LogP contribution >= 0.6 is 11.6 Å². The Morgan fingerprint density at radius 3 is 2.74 bits per heavy atom. The second-order valence-electron chi connectivity index (χ2n) is 8.80. The van der Waals surface area contributed by atoms with E-state index in [9.17, 15) is 9.59 Å². The minimum Gasteiger partial charge on any atom is -0.347 e. The van der Waals surface area contributed by atoms with E-state index in [2.05, 4.69) is 18.3 Å². The molecule has 0 saturated carbocycles. The fourth-order valence-electron chi connectivity index (χ4n) is 4.37. The van der Waals surface area contributed by atoms with Gasteiger partial charge in [0.1, 0.15) is 5.82 Å². The lowest BCUT2D eigenvalue weighted by Gasteiger charge is -2.22. The molecule has 1 aliphatic rings. The number of anilines is 1. The van der Waals surface area contributed by atoms with Crippen LogP contribution in [-0.2, 0) is 19.5 Å². The predicted octanol–water partition coefficient (Wildman–Crippen LogP) is 5.56. The van der Waals surface area contributed by atoms with E-state index in [1.54, 1.807) is 29.2 Å². The average Bonchev–Trinajstić information content (AvgIpc) is 3.22. The van der Waals surface area contributed by atoms with Gasteiger partial charge in [0.2, 0.25) is 0 Å². The zero-order valence-electron chi connectivity index (χ0n) is 19.8. The number of rotatable bonds is 8. The normalized spacial score (nSPS) is 12.8. The Morgan fingerprint density at radius 1 is 1.15 bits per heavy atom. The highest BCUT2D eigenvalue weighted by molar-refractivity contribution is 6.31. The van der Waals surface area contributed by atoms with Crippen molar-refractivity contribution in [2.75, 3.05) is 11.4 Å². The van der Waals surface area contributed by atoms with E-state index in [4.69, 9.17) is 16.6 Å². The zero-order chi connectivity index (χ0) is 24.1. The number of hydrogen-bond acceptors (Lipinski definition) is 3. The van der Waals surface area contributed by atoms with Crippen molar-refractivity contribution in [2.45, 2.75) is 59.0 Å². The number of carbonyl (C=O) groups is 2. The molecule has 0 saturated heterocycles. The molecule has 7 heteroatoms. The Kier molecular flexibility index (Phi) is 7.68. The van der Waals surface area contributed by atoms with Crippen molar-refractivity contribution in [1.29, 1.82) is 0 Å². The fourth-order valence-corrected chi connectivity index (χ4v) is 4.56. The number of benzene rings is 2. The van der Waals surface area contributed by atoms with Crippen LogP contribution in [0.15, 0.2) is 48.5 Å². The van der Waals surface area contributed by atoms with Gasteiger partial charge in [0, 0.05) is 36.6 Å². The van der Waals surface area contributed by atoms with Gasteiger partial charge in [-0.3, -0.25) is 14.5 Å². The molecule has 0 radical (unpaired) electrons. The largest absolute Gasteiger partial charge is 0.347 e. The van der Waals surface area contributed by atoms with Gasteiger partial charge in [-0.1, -0.05) is 60.8 Å². The van der Waals surface area contributed by atoms with Crippen LogP contribution in [0.4, 0.5) is 5.82 Å². The molecule has 1 aliphatic heterocycles. The summed E-state index contributed by atoms with van der Waals surface area (Å²) in [5.74, 6) is 0.899. The number of halogens is 1. The van der Waals surface area contributed by atoms with Gasteiger partial charge in [-0.05, 0) is 49.9 Å². The molecule has 6 nitrogen and oxygen atoms in total. The summed E-state index contributed by atoms with van der Waals surface area (Å²) in [4.78, 5) is 33.6. The van der Waals surface area contributed by atoms with Crippen LogP contribution in [0.5, 0.6) is 0 Å². The van der Waals surface area contributed by atoms with Crippen molar-refractivity contribution in [3.05, 3.63) is 81.8 Å². The summed E-state index contributed by atoms with van der Waals surface area (Å²) >= 11 is 6.16. The van der Waals surface area contributed by atoms with Gasteiger partial charge in [0.05, 0.1) is 0 Å². The summed E-state index contributed by atoms with van der Waals surface area (Å²) < 4.78 is 1.99. The summed E-state index contributed by atoms with van der Waals surface area (Å²) in [6.45, 7) is 5.73. The van der Waals surface area contributed by atoms with Crippen molar-refractivity contribution < 1.29 is 9.59 Å². The third kappa shape index (κ3) is 5.33. The average molecular weight is 479 g/mol. The van der Waals surface area contributed by atoms with Gasteiger partial charge < -0.3 is 9.88 Å². The lowest BCUT2D eigenvalue weighted by molar-refractivity contribution is 0.0941. The first kappa shape index (κ1) is 24.0. The Balaban J connectivity index is 1.70. The highest BCUT2D eigenvalue weighted by Crippen LogP contribution is 2.28. The molecule has 1 N–H and O–H groups in total. The number of carbonyl (C=O) groups excluding carboxylic acids is 2. The molecule has 2 aromatic carbocycles.